The predicted octanol–water partition coefficient (Wildman–Crippen LogP) is -5.97. The van der Waals surface area contributed by atoms with Crippen LogP contribution in [-0.2, 0) is 33.4 Å². The number of carbonyl (C=O) groups is 5. The van der Waals surface area contributed by atoms with Crippen LogP contribution in [0.15, 0.2) is 0 Å². The molecule has 0 aromatic carbocycles. The fraction of sp³-hybridized carbons (Fsp3) is 0.737. The van der Waals surface area contributed by atoms with Gasteiger partial charge in [-0.15, -0.1) is 0 Å². The highest BCUT2D eigenvalue weighted by molar-refractivity contribution is 5.92. The maximum Gasteiger partial charge on any atom is 0.303 e. The number of hydrogen-bond acceptors (Lipinski definition) is 10. The molecule has 0 bridgehead atoms. The maximum absolute atomic E-state index is 12.5. The molecule has 0 spiro atoms. The summed E-state index contributed by atoms with van der Waals surface area (Å²) in [4.78, 5) is 58.4. The van der Waals surface area contributed by atoms with Crippen LogP contribution >= 0.6 is 0 Å². The second kappa shape index (κ2) is 15.9. The van der Waals surface area contributed by atoms with Crippen LogP contribution in [0, 0.1) is 0 Å². The zero-order valence-electron chi connectivity index (χ0n) is 20.0. The average molecular weight is 529 g/mol. The van der Waals surface area contributed by atoms with Crippen molar-refractivity contribution in [1.82, 2.24) is 16.0 Å². The molecule has 0 radical (unpaired) electrons. The number of primary amides is 1. The van der Waals surface area contributed by atoms with E-state index >= 15 is 0 Å². The normalized spacial score (nSPS) is 25.6. The predicted molar refractivity (Wildman–Crippen MR) is 119 cm³/mol. The Balaban J connectivity index is 0. The summed E-state index contributed by atoms with van der Waals surface area (Å²) in [7, 11) is 0. The molecule has 0 aromatic heterocycles. The monoisotopic (exact) mass is 528 g/mol. The molecule has 8 atom stereocenters. The third-order valence-electron chi connectivity index (χ3n) is 5.03. The summed E-state index contributed by atoms with van der Waals surface area (Å²) in [6, 6.07) is -3.71. The van der Waals surface area contributed by atoms with Gasteiger partial charge < -0.3 is 62.5 Å². The van der Waals surface area contributed by atoms with Crippen molar-refractivity contribution in [1.29, 1.82) is 0 Å². The minimum Gasteiger partial charge on any atom is -0.481 e. The van der Waals surface area contributed by atoms with Crippen molar-refractivity contribution in [3.8, 4) is 0 Å². The van der Waals surface area contributed by atoms with E-state index in [4.69, 9.17) is 20.3 Å². The van der Waals surface area contributed by atoms with Gasteiger partial charge >= 0.3 is 5.97 Å². The minimum absolute atomic E-state index is 0. The van der Waals surface area contributed by atoms with E-state index in [1.807, 2.05) is 0 Å². The van der Waals surface area contributed by atoms with Gasteiger partial charge in [0.1, 0.15) is 42.5 Å². The largest absolute Gasteiger partial charge is 0.481 e. The van der Waals surface area contributed by atoms with Crippen LogP contribution in [0.3, 0.4) is 0 Å². The zero-order chi connectivity index (χ0) is 26.2. The molecule has 0 unspecified atom stereocenters. The molecule has 13 N–H and O–H groups in total. The van der Waals surface area contributed by atoms with E-state index in [9.17, 15) is 39.3 Å². The van der Waals surface area contributed by atoms with Crippen molar-refractivity contribution < 1.29 is 64.8 Å². The first-order valence-electron chi connectivity index (χ1n) is 10.4. The van der Waals surface area contributed by atoms with Crippen molar-refractivity contribution in [2.45, 2.75) is 82.4 Å². The van der Waals surface area contributed by atoms with Gasteiger partial charge in [-0.05, 0) is 20.3 Å². The zero-order valence-corrected chi connectivity index (χ0v) is 20.0. The second-order valence-electron chi connectivity index (χ2n) is 7.83. The fourth-order valence-electron chi connectivity index (χ4n) is 3.18. The quantitative estimate of drug-likeness (QED) is 0.118. The van der Waals surface area contributed by atoms with Crippen LogP contribution in [0.5, 0.6) is 0 Å². The first-order chi connectivity index (χ1) is 15.8. The minimum atomic E-state index is -1.65. The van der Waals surface area contributed by atoms with Gasteiger partial charge in [-0.25, -0.2) is 0 Å². The number of carbonyl (C=O) groups excluding carboxylic acids is 4. The van der Waals surface area contributed by atoms with Crippen LogP contribution in [0.4, 0.5) is 0 Å². The third kappa shape index (κ3) is 10.4. The number of amides is 4. The molecule has 0 aliphatic carbocycles. The van der Waals surface area contributed by atoms with Crippen LogP contribution in [-0.4, -0.2) is 116 Å². The number of ether oxygens (including phenoxy) is 2. The Labute approximate surface area is 205 Å². The summed E-state index contributed by atoms with van der Waals surface area (Å²) in [5, 5.41) is 45.5. The molecule has 1 aliphatic heterocycles. The fourth-order valence-corrected chi connectivity index (χ4v) is 3.18. The van der Waals surface area contributed by atoms with Crippen molar-refractivity contribution in [2.24, 2.45) is 5.73 Å². The number of aliphatic hydroxyl groups excluding tert-OH is 3. The summed E-state index contributed by atoms with van der Waals surface area (Å²) in [6.45, 7) is 3.06. The Morgan fingerprint density at radius 1 is 1.06 bits per heavy atom. The molecule has 1 rings (SSSR count). The molecule has 0 saturated carbocycles. The highest BCUT2D eigenvalue weighted by atomic mass is 16.6. The Morgan fingerprint density at radius 2 is 1.64 bits per heavy atom. The SMILES string of the molecule is CC(=O)N[C@@H]1[C@@H](O[C@H](C)C(=O)N[C@@H](C)C(=O)N[C@H](CCC(=O)O)C(N)=O)[C@H](O)[C@@H](CO)O[C@H]1O.O.O. The van der Waals surface area contributed by atoms with Gasteiger partial charge in [-0.2, -0.15) is 0 Å². The molecule has 4 amide bonds. The van der Waals surface area contributed by atoms with E-state index in [0.29, 0.717) is 0 Å². The average Bonchev–Trinajstić information content (AvgIpc) is 2.74. The van der Waals surface area contributed by atoms with Crippen molar-refractivity contribution in [3.05, 3.63) is 0 Å². The van der Waals surface area contributed by atoms with Gasteiger partial charge in [0.2, 0.25) is 23.6 Å². The van der Waals surface area contributed by atoms with Crippen LogP contribution < -0.4 is 21.7 Å². The Bertz CT molecular complexity index is 768. The lowest BCUT2D eigenvalue weighted by Crippen LogP contribution is -2.65. The molecule has 36 heavy (non-hydrogen) atoms. The molecule has 1 heterocycles. The lowest BCUT2D eigenvalue weighted by molar-refractivity contribution is -0.266. The lowest BCUT2D eigenvalue weighted by Gasteiger charge is -2.43. The maximum atomic E-state index is 12.5. The number of carboxylic acid groups (broad SMARTS) is 1. The van der Waals surface area contributed by atoms with Gasteiger partial charge in [0.05, 0.1) is 6.61 Å². The Morgan fingerprint density at radius 3 is 2.11 bits per heavy atom. The molecule has 1 aliphatic rings. The smallest absolute Gasteiger partial charge is 0.303 e. The summed E-state index contributed by atoms with van der Waals surface area (Å²) in [5.41, 5.74) is 5.16. The molecule has 0 aromatic rings. The topological polar surface area (TPSA) is 310 Å². The second-order valence-corrected chi connectivity index (χ2v) is 7.83. The molecular formula is C19H36N4O13. The van der Waals surface area contributed by atoms with Crippen molar-refractivity contribution in [3.63, 3.8) is 0 Å². The van der Waals surface area contributed by atoms with Gasteiger partial charge in [-0.1, -0.05) is 0 Å². The lowest BCUT2D eigenvalue weighted by atomic mass is 9.96. The molecular weight excluding hydrogens is 492 g/mol. The van der Waals surface area contributed by atoms with Crippen molar-refractivity contribution >= 4 is 29.6 Å². The summed E-state index contributed by atoms with van der Waals surface area (Å²) < 4.78 is 10.6. The first kappa shape index (κ1) is 35.2. The van der Waals surface area contributed by atoms with E-state index in [2.05, 4.69) is 16.0 Å². The van der Waals surface area contributed by atoms with E-state index in [1.54, 1.807) is 0 Å². The van der Waals surface area contributed by atoms with E-state index in [-0.39, 0.29) is 17.4 Å². The standard InChI is InChI=1S/C19H32N4O11.2H2O/c1-7(17(30)23-10(16(20)29)4-5-12(26)27)21-18(31)8(2)33-15-13(22-9(3)25)19(32)34-11(6-24)14(15)28;;/h7-8,10-11,13-15,19,24,28,32H,4-6H2,1-3H3,(H2,20,29)(H,21,31)(H,22,25)(H,23,30)(H,26,27);2*1H2/t7-,8+,10+,11+,13+,14+,15+,19+;;/m0../s1. The van der Waals surface area contributed by atoms with E-state index in [1.165, 1.54) is 13.8 Å². The number of aliphatic hydroxyl groups is 3. The van der Waals surface area contributed by atoms with Gasteiger partial charge in [0, 0.05) is 13.3 Å². The van der Waals surface area contributed by atoms with E-state index in [0.717, 1.165) is 6.92 Å². The number of aliphatic carboxylic acids is 1. The molecule has 1 saturated heterocycles. The highest BCUT2D eigenvalue weighted by Gasteiger charge is 2.47. The number of nitrogens with two attached hydrogens (primary N) is 1. The molecule has 210 valence electrons. The first-order valence-corrected chi connectivity index (χ1v) is 10.4. The summed E-state index contributed by atoms with van der Waals surface area (Å²) in [6.07, 6.45) is -7.74. The van der Waals surface area contributed by atoms with Crippen LogP contribution in [0.25, 0.3) is 0 Å². The van der Waals surface area contributed by atoms with Gasteiger partial charge in [0.25, 0.3) is 0 Å². The van der Waals surface area contributed by atoms with Crippen LogP contribution in [0.2, 0.25) is 0 Å². The number of rotatable bonds is 12. The Hall–Kier alpha value is -2.93. The number of nitrogens with one attached hydrogen (secondary N) is 3. The number of hydrogen-bond donors (Lipinski definition) is 8. The highest BCUT2D eigenvalue weighted by Crippen LogP contribution is 2.23. The molecule has 17 nitrogen and oxygen atoms in total. The van der Waals surface area contributed by atoms with Gasteiger partial charge in [0.15, 0.2) is 6.29 Å². The van der Waals surface area contributed by atoms with Crippen molar-refractivity contribution in [2.75, 3.05) is 6.61 Å². The Kier molecular flexibility index (Phi) is 15.6. The molecule has 1 fully saturated rings. The summed E-state index contributed by atoms with van der Waals surface area (Å²) >= 11 is 0. The van der Waals surface area contributed by atoms with Crippen LogP contribution in [0.1, 0.15) is 33.6 Å². The number of carboxylic acids is 1. The summed E-state index contributed by atoms with van der Waals surface area (Å²) in [5.74, 6) is -4.34. The van der Waals surface area contributed by atoms with E-state index < -0.39 is 91.5 Å². The third-order valence-corrected chi connectivity index (χ3v) is 5.03. The van der Waals surface area contributed by atoms with Gasteiger partial charge in [-0.3, -0.25) is 24.0 Å². The molecule has 17 heteroatoms.